The lowest BCUT2D eigenvalue weighted by atomic mass is 10.3. The molecular formula is C12H19N5O2S2. The smallest absolute Gasteiger partial charge is 0.250 e. The predicted molar refractivity (Wildman–Crippen MR) is 81.4 cm³/mol. The van der Waals surface area contributed by atoms with Crippen LogP contribution in [0.5, 0.6) is 0 Å². The van der Waals surface area contributed by atoms with E-state index in [-0.39, 0.29) is 0 Å². The Labute approximate surface area is 128 Å². The molecule has 1 atom stereocenters. The molecule has 21 heavy (non-hydrogen) atoms. The summed E-state index contributed by atoms with van der Waals surface area (Å²) in [5, 5.41) is 11.5. The van der Waals surface area contributed by atoms with Gasteiger partial charge in [-0.25, -0.2) is 18.1 Å². The van der Waals surface area contributed by atoms with Crippen molar-refractivity contribution >= 4 is 21.4 Å². The number of nitrogens with zero attached hydrogens (tertiary/aromatic N) is 2. The van der Waals surface area contributed by atoms with Crippen molar-refractivity contribution in [2.45, 2.75) is 43.6 Å². The van der Waals surface area contributed by atoms with Gasteiger partial charge in [-0.2, -0.15) is 5.10 Å². The largest absolute Gasteiger partial charge is 0.310 e. The topological polar surface area (TPSA) is 99.8 Å². The fourth-order valence-electron chi connectivity index (χ4n) is 1.68. The molecule has 0 aliphatic heterocycles. The van der Waals surface area contributed by atoms with Crippen LogP contribution >= 0.6 is 11.3 Å². The molecule has 2 aromatic heterocycles. The first-order valence-corrected chi connectivity index (χ1v) is 8.93. The fourth-order valence-corrected chi connectivity index (χ4v) is 4.11. The highest BCUT2D eigenvalue weighted by Gasteiger charge is 2.21. The number of aromatic amines is 1. The molecule has 2 aromatic rings. The van der Waals surface area contributed by atoms with E-state index in [2.05, 4.69) is 25.2 Å². The van der Waals surface area contributed by atoms with Crippen molar-refractivity contribution < 1.29 is 8.42 Å². The predicted octanol–water partition coefficient (Wildman–Crippen LogP) is 1.40. The summed E-state index contributed by atoms with van der Waals surface area (Å²) in [5.41, 5.74) is 0.960. The fraction of sp³-hybridized carbons (Fsp3) is 0.500. The average Bonchev–Trinajstić information content (AvgIpc) is 3.07. The molecule has 3 N–H and O–H groups in total. The monoisotopic (exact) mass is 329 g/mol. The Bertz CT molecular complexity index is 664. The molecule has 0 aliphatic rings. The van der Waals surface area contributed by atoms with E-state index < -0.39 is 16.1 Å². The van der Waals surface area contributed by atoms with Gasteiger partial charge in [-0.05, 0) is 23.9 Å². The molecule has 0 bridgehead atoms. The third-order valence-corrected chi connectivity index (χ3v) is 5.81. The molecule has 0 aliphatic carbocycles. The summed E-state index contributed by atoms with van der Waals surface area (Å²) in [7, 11) is -3.55. The minimum Gasteiger partial charge on any atom is -0.310 e. The van der Waals surface area contributed by atoms with Crippen LogP contribution in [0, 0.1) is 0 Å². The normalized spacial score (nSPS) is 13.7. The maximum Gasteiger partial charge on any atom is 0.250 e. The third kappa shape index (κ3) is 4.34. The molecule has 2 rings (SSSR count). The first kappa shape index (κ1) is 16.1. The molecule has 0 spiro atoms. The highest BCUT2D eigenvalue weighted by Crippen LogP contribution is 2.22. The lowest BCUT2D eigenvalue weighted by Crippen LogP contribution is -2.27. The number of nitrogens with one attached hydrogen (secondary N) is 3. The van der Waals surface area contributed by atoms with Crippen molar-refractivity contribution in [3.63, 3.8) is 0 Å². The van der Waals surface area contributed by atoms with Crippen molar-refractivity contribution in [2.24, 2.45) is 0 Å². The Kier molecular flexibility index (Phi) is 5.09. The van der Waals surface area contributed by atoms with Gasteiger partial charge in [0, 0.05) is 12.6 Å². The lowest BCUT2D eigenvalue weighted by molar-refractivity contribution is 0.562. The van der Waals surface area contributed by atoms with E-state index in [0.29, 0.717) is 22.6 Å². The number of hydrogen-bond donors (Lipinski definition) is 3. The van der Waals surface area contributed by atoms with Gasteiger partial charge < -0.3 is 5.32 Å². The molecule has 0 fully saturated rings. The van der Waals surface area contributed by atoms with Gasteiger partial charge in [-0.15, -0.1) is 11.3 Å². The van der Waals surface area contributed by atoms with E-state index >= 15 is 0 Å². The van der Waals surface area contributed by atoms with Crippen molar-refractivity contribution in [3.05, 3.63) is 29.2 Å². The van der Waals surface area contributed by atoms with Gasteiger partial charge in [0.1, 0.15) is 16.4 Å². The standard InChI is InChI=1S/C12H19N5O2S2/c1-8(2)13-5-10-4-11(20-6-10)21(18,19)17-9(3)12-14-7-15-16-12/h4,6-9,13,17H,5H2,1-3H3,(H,14,15,16). The highest BCUT2D eigenvalue weighted by molar-refractivity contribution is 7.91. The average molecular weight is 329 g/mol. The molecule has 9 heteroatoms. The summed E-state index contributed by atoms with van der Waals surface area (Å²) < 4.78 is 27.5. The second-order valence-corrected chi connectivity index (χ2v) is 7.88. The molecule has 116 valence electrons. The minimum absolute atomic E-state index is 0.300. The van der Waals surface area contributed by atoms with E-state index in [1.807, 2.05) is 19.2 Å². The third-order valence-electron chi connectivity index (χ3n) is 2.78. The zero-order chi connectivity index (χ0) is 15.5. The Balaban J connectivity index is 2.05. The summed E-state index contributed by atoms with van der Waals surface area (Å²) in [4.78, 5) is 3.95. The van der Waals surface area contributed by atoms with E-state index in [0.717, 1.165) is 5.56 Å². The Morgan fingerprint density at radius 3 is 2.76 bits per heavy atom. The van der Waals surface area contributed by atoms with E-state index in [1.165, 1.54) is 17.7 Å². The van der Waals surface area contributed by atoms with Gasteiger partial charge in [0.25, 0.3) is 10.0 Å². The van der Waals surface area contributed by atoms with Crippen molar-refractivity contribution in [2.75, 3.05) is 0 Å². The molecule has 1 unspecified atom stereocenters. The van der Waals surface area contributed by atoms with Crippen LogP contribution in [0.2, 0.25) is 0 Å². The van der Waals surface area contributed by atoms with Crippen LogP contribution in [0.1, 0.15) is 38.2 Å². The SMILES string of the molecule is CC(C)NCc1csc(S(=O)(=O)NC(C)c2ncn[nH]2)c1. The second-order valence-electron chi connectivity index (χ2n) is 5.02. The van der Waals surface area contributed by atoms with Crippen molar-refractivity contribution in [3.8, 4) is 0 Å². The van der Waals surface area contributed by atoms with Gasteiger partial charge in [0.15, 0.2) is 0 Å². The van der Waals surface area contributed by atoms with Crippen LogP contribution < -0.4 is 10.0 Å². The first-order chi connectivity index (χ1) is 9.88. The van der Waals surface area contributed by atoms with Crippen LogP contribution in [-0.2, 0) is 16.6 Å². The van der Waals surface area contributed by atoms with Crippen molar-refractivity contribution in [1.29, 1.82) is 0 Å². The molecule has 2 heterocycles. The Morgan fingerprint density at radius 1 is 1.38 bits per heavy atom. The van der Waals surface area contributed by atoms with Crippen LogP contribution in [-0.4, -0.2) is 29.6 Å². The van der Waals surface area contributed by atoms with Gasteiger partial charge in [0.2, 0.25) is 0 Å². The molecule has 7 nitrogen and oxygen atoms in total. The number of H-pyrrole nitrogens is 1. The van der Waals surface area contributed by atoms with Gasteiger partial charge in [-0.1, -0.05) is 13.8 Å². The minimum atomic E-state index is -3.55. The summed E-state index contributed by atoms with van der Waals surface area (Å²) >= 11 is 1.21. The molecule has 0 aromatic carbocycles. The molecule has 0 saturated heterocycles. The van der Waals surface area contributed by atoms with Gasteiger partial charge in [0.05, 0.1) is 6.04 Å². The number of thiophene rings is 1. The first-order valence-electron chi connectivity index (χ1n) is 6.57. The highest BCUT2D eigenvalue weighted by atomic mass is 32.2. The van der Waals surface area contributed by atoms with Crippen LogP contribution in [0.3, 0.4) is 0 Å². The summed E-state index contributed by atoms with van der Waals surface area (Å²) in [6.45, 7) is 6.46. The summed E-state index contributed by atoms with van der Waals surface area (Å²) in [5.74, 6) is 0.483. The van der Waals surface area contributed by atoms with Crippen molar-refractivity contribution in [1.82, 2.24) is 25.2 Å². The number of hydrogen-bond acceptors (Lipinski definition) is 6. The molecule has 0 radical (unpaired) electrons. The van der Waals surface area contributed by atoms with Gasteiger partial charge >= 0.3 is 0 Å². The molecular weight excluding hydrogens is 310 g/mol. The van der Waals surface area contributed by atoms with Crippen LogP contribution in [0.4, 0.5) is 0 Å². The Hall–Kier alpha value is -1.29. The zero-order valence-electron chi connectivity index (χ0n) is 12.1. The number of rotatable bonds is 7. The zero-order valence-corrected chi connectivity index (χ0v) is 13.8. The van der Waals surface area contributed by atoms with E-state index in [4.69, 9.17) is 0 Å². The maximum atomic E-state index is 12.3. The maximum absolute atomic E-state index is 12.3. The van der Waals surface area contributed by atoms with Gasteiger partial charge in [-0.3, -0.25) is 5.10 Å². The van der Waals surface area contributed by atoms with Crippen LogP contribution in [0.25, 0.3) is 0 Å². The number of sulfonamides is 1. The summed E-state index contributed by atoms with van der Waals surface area (Å²) in [6.07, 6.45) is 1.35. The second kappa shape index (κ2) is 6.65. The molecule has 0 saturated carbocycles. The van der Waals surface area contributed by atoms with E-state index in [9.17, 15) is 8.42 Å². The number of aromatic nitrogens is 3. The van der Waals surface area contributed by atoms with E-state index in [1.54, 1.807) is 13.0 Å². The quantitative estimate of drug-likeness (QED) is 0.713. The van der Waals surface area contributed by atoms with Crippen LogP contribution in [0.15, 0.2) is 22.0 Å². The molecule has 0 amide bonds. The Morgan fingerprint density at radius 2 is 2.14 bits per heavy atom. The summed E-state index contributed by atoms with van der Waals surface area (Å²) in [6, 6.07) is 1.58. The lowest BCUT2D eigenvalue weighted by Gasteiger charge is -2.10.